The molecule has 0 saturated heterocycles. The van der Waals surface area contributed by atoms with E-state index in [9.17, 15) is 14.4 Å². The van der Waals surface area contributed by atoms with Gasteiger partial charge in [0.15, 0.2) is 6.29 Å². The quantitative estimate of drug-likeness (QED) is 0.603. The van der Waals surface area contributed by atoms with Crippen LogP contribution in [0.4, 0.5) is 4.79 Å². The van der Waals surface area contributed by atoms with E-state index in [1.54, 1.807) is 6.29 Å². The van der Waals surface area contributed by atoms with Gasteiger partial charge in [-0.3, -0.25) is 4.79 Å². The molecule has 0 rings (SSSR count). The molecule has 0 saturated carbocycles. The zero-order valence-electron chi connectivity index (χ0n) is 9.19. The number of alkyl carbamates (subject to hydrolysis) is 1. The maximum atomic E-state index is 11.1. The largest absolute Gasteiger partial charge is 0.480 e. The molecule has 91 valence electrons. The van der Waals surface area contributed by atoms with Gasteiger partial charge in [0.05, 0.1) is 6.61 Å². The fourth-order valence-electron chi connectivity index (χ4n) is 0.954. The fourth-order valence-corrected chi connectivity index (χ4v) is 0.954. The number of carbonyl (C=O) groups excluding carboxylic acids is 2. The lowest BCUT2D eigenvalue weighted by atomic mass is 10.2. The summed E-state index contributed by atoms with van der Waals surface area (Å²) < 4.78 is 4.73. The molecule has 0 aromatic heterocycles. The van der Waals surface area contributed by atoms with E-state index < -0.39 is 18.1 Å². The molecule has 0 aromatic rings. The van der Waals surface area contributed by atoms with Gasteiger partial charge >= 0.3 is 12.1 Å². The van der Waals surface area contributed by atoms with Gasteiger partial charge in [-0.15, -0.1) is 0 Å². The molecule has 0 aliphatic heterocycles. The molecule has 0 bridgehead atoms. The Morgan fingerprint density at radius 2 is 2.19 bits per heavy atom. The predicted molar refractivity (Wildman–Crippen MR) is 55.7 cm³/mol. The number of rotatable bonds is 8. The molecule has 1 amide bonds. The average Bonchev–Trinajstić information content (AvgIpc) is 2.24. The summed E-state index contributed by atoms with van der Waals surface area (Å²) in [6, 6.07) is -1.10. The van der Waals surface area contributed by atoms with Gasteiger partial charge in [0, 0.05) is 6.42 Å². The van der Waals surface area contributed by atoms with Gasteiger partial charge in [-0.1, -0.05) is 13.3 Å². The van der Waals surface area contributed by atoms with Crippen molar-refractivity contribution in [3.05, 3.63) is 0 Å². The molecule has 6 heteroatoms. The maximum absolute atomic E-state index is 11.1. The molecule has 0 heterocycles. The molecule has 0 aromatic carbocycles. The molecule has 0 spiro atoms. The first kappa shape index (κ1) is 14.4. The number of carboxylic acids is 1. The van der Waals surface area contributed by atoms with Crippen LogP contribution in [0.5, 0.6) is 0 Å². The summed E-state index contributed by atoms with van der Waals surface area (Å²) in [6.45, 7) is 2.20. The Morgan fingerprint density at radius 1 is 1.50 bits per heavy atom. The normalized spacial score (nSPS) is 11.6. The second-order valence-corrected chi connectivity index (χ2v) is 3.21. The Labute approximate surface area is 94.0 Å². The van der Waals surface area contributed by atoms with Crippen LogP contribution in [-0.4, -0.2) is 36.1 Å². The minimum absolute atomic E-state index is 0.0156. The van der Waals surface area contributed by atoms with Crippen LogP contribution in [0.2, 0.25) is 0 Å². The Hall–Kier alpha value is -1.59. The van der Waals surface area contributed by atoms with Gasteiger partial charge in [0.2, 0.25) is 0 Å². The highest BCUT2D eigenvalue weighted by atomic mass is 16.5. The van der Waals surface area contributed by atoms with Crippen molar-refractivity contribution in [3.63, 3.8) is 0 Å². The van der Waals surface area contributed by atoms with E-state index >= 15 is 0 Å². The van der Waals surface area contributed by atoms with Crippen molar-refractivity contribution in [2.24, 2.45) is 0 Å². The van der Waals surface area contributed by atoms with Gasteiger partial charge in [0.1, 0.15) is 6.04 Å². The predicted octanol–water partition coefficient (Wildman–Crippen LogP) is 0.856. The second-order valence-electron chi connectivity index (χ2n) is 3.21. The zero-order chi connectivity index (χ0) is 12.4. The number of hydrogen-bond acceptors (Lipinski definition) is 4. The van der Waals surface area contributed by atoms with Crippen molar-refractivity contribution in [1.82, 2.24) is 5.32 Å². The molecule has 16 heavy (non-hydrogen) atoms. The van der Waals surface area contributed by atoms with Crippen LogP contribution in [0, 0.1) is 0 Å². The van der Waals surface area contributed by atoms with Gasteiger partial charge in [-0.2, -0.15) is 0 Å². The number of hydrogen-bond donors (Lipinski definition) is 2. The third-order valence-electron chi connectivity index (χ3n) is 1.86. The number of carboxylic acid groups (broad SMARTS) is 1. The molecular formula is C10H16NO5. The maximum Gasteiger partial charge on any atom is 0.407 e. The summed E-state index contributed by atoms with van der Waals surface area (Å²) in [5.74, 6) is -1.19. The third kappa shape index (κ3) is 6.80. The first-order valence-corrected chi connectivity index (χ1v) is 5.13. The number of unbranched alkanes of at least 4 members (excludes halogenated alkanes) is 1. The SMILES string of the molecule is CCCCOC(=O)N[C@H](CC[C]=O)C(=O)O. The number of nitrogens with one attached hydrogen (secondary N) is 1. The topological polar surface area (TPSA) is 92.7 Å². The third-order valence-corrected chi connectivity index (χ3v) is 1.86. The summed E-state index contributed by atoms with van der Waals surface area (Å²) in [7, 11) is 0. The minimum Gasteiger partial charge on any atom is -0.480 e. The summed E-state index contributed by atoms with van der Waals surface area (Å²) in [5, 5.41) is 10.9. The van der Waals surface area contributed by atoms with Crippen LogP contribution in [0.1, 0.15) is 32.6 Å². The Balaban J connectivity index is 3.93. The van der Waals surface area contributed by atoms with Gasteiger partial charge in [-0.05, 0) is 12.8 Å². The standard InChI is InChI=1S/C10H16NO5/c1-2-3-7-16-10(15)11-8(9(13)14)5-4-6-12/h8H,2-5,7H2,1H3,(H,11,15)(H,13,14)/t8-/m1/s1. The highest BCUT2D eigenvalue weighted by Gasteiger charge is 2.19. The van der Waals surface area contributed by atoms with Crippen LogP contribution in [0.3, 0.4) is 0 Å². The number of ether oxygens (including phenoxy) is 1. The van der Waals surface area contributed by atoms with Crippen molar-refractivity contribution in [2.75, 3.05) is 6.61 Å². The smallest absolute Gasteiger partial charge is 0.407 e. The molecule has 2 N–H and O–H groups in total. The van der Waals surface area contributed by atoms with Crippen LogP contribution < -0.4 is 5.32 Å². The Bertz CT molecular complexity index is 241. The molecule has 0 aliphatic rings. The Kier molecular flexibility index (Phi) is 7.83. The van der Waals surface area contributed by atoms with Crippen LogP contribution in [0.25, 0.3) is 0 Å². The van der Waals surface area contributed by atoms with E-state index in [0.717, 1.165) is 12.8 Å². The molecule has 6 nitrogen and oxygen atoms in total. The van der Waals surface area contributed by atoms with Crippen LogP contribution >= 0.6 is 0 Å². The fraction of sp³-hybridized carbons (Fsp3) is 0.700. The van der Waals surface area contributed by atoms with Crippen molar-refractivity contribution < 1.29 is 24.2 Å². The van der Waals surface area contributed by atoms with Crippen LogP contribution in [0.15, 0.2) is 0 Å². The van der Waals surface area contributed by atoms with E-state index in [4.69, 9.17) is 9.84 Å². The summed E-state index contributed by atoms with van der Waals surface area (Å²) in [4.78, 5) is 31.7. The lowest BCUT2D eigenvalue weighted by Gasteiger charge is -2.12. The lowest BCUT2D eigenvalue weighted by molar-refractivity contribution is -0.139. The van der Waals surface area contributed by atoms with Crippen molar-refractivity contribution in [2.45, 2.75) is 38.6 Å². The highest BCUT2D eigenvalue weighted by molar-refractivity contribution is 5.80. The number of carbonyl (C=O) groups is 2. The second kappa shape index (κ2) is 8.70. The molecule has 1 atom stereocenters. The molecular weight excluding hydrogens is 214 g/mol. The van der Waals surface area contributed by atoms with E-state index in [1.807, 2.05) is 6.92 Å². The highest BCUT2D eigenvalue weighted by Crippen LogP contribution is 1.97. The average molecular weight is 230 g/mol. The molecule has 0 aliphatic carbocycles. The van der Waals surface area contributed by atoms with E-state index in [2.05, 4.69) is 5.32 Å². The molecule has 0 unspecified atom stereocenters. The van der Waals surface area contributed by atoms with Gasteiger partial charge < -0.3 is 15.2 Å². The summed E-state index contributed by atoms with van der Waals surface area (Å²) in [6.07, 6.45) is 2.40. The number of amides is 1. The first-order chi connectivity index (χ1) is 7.61. The molecule has 1 radical (unpaired) electrons. The number of aliphatic carboxylic acids is 1. The monoisotopic (exact) mass is 230 g/mol. The van der Waals surface area contributed by atoms with Crippen molar-refractivity contribution >= 4 is 18.3 Å². The van der Waals surface area contributed by atoms with E-state index in [0.29, 0.717) is 0 Å². The minimum atomic E-state index is -1.19. The van der Waals surface area contributed by atoms with Crippen LogP contribution in [-0.2, 0) is 14.3 Å². The van der Waals surface area contributed by atoms with Gasteiger partial charge in [-0.25, -0.2) is 9.59 Å². The van der Waals surface area contributed by atoms with Crippen molar-refractivity contribution in [1.29, 1.82) is 0 Å². The van der Waals surface area contributed by atoms with E-state index in [-0.39, 0.29) is 19.4 Å². The zero-order valence-corrected chi connectivity index (χ0v) is 9.19. The molecule has 0 fully saturated rings. The lowest BCUT2D eigenvalue weighted by Crippen LogP contribution is -2.41. The van der Waals surface area contributed by atoms with E-state index in [1.165, 1.54) is 0 Å². The van der Waals surface area contributed by atoms with Crippen molar-refractivity contribution in [3.8, 4) is 0 Å². The summed E-state index contributed by atoms with van der Waals surface area (Å²) >= 11 is 0. The Morgan fingerprint density at radius 3 is 2.69 bits per heavy atom. The summed E-state index contributed by atoms with van der Waals surface area (Å²) in [5.41, 5.74) is 0. The first-order valence-electron chi connectivity index (χ1n) is 5.13. The van der Waals surface area contributed by atoms with Gasteiger partial charge in [0.25, 0.3) is 0 Å².